The lowest BCUT2D eigenvalue weighted by atomic mass is 10.1. The zero-order valence-electron chi connectivity index (χ0n) is 12.9. The molecule has 1 saturated heterocycles. The number of aromatic nitrogens is 1. The molecule has 1 aromatic heterocycles. The Hall–Kier alpha value is -1.47. The van der Waals surface area contributed by atoms with Gasteiger partial charge in [0.25, 0.3) is 5.91 Å². The predicted octanol–water partition coefficient (Wildman–Crippen LogP) is 1.41. The minimum absolute atomic E-state index is 0.0188. The summed E-state index contributed by atoms with van der Waals surface area (Å²) < 4.78 is 26.5. The average Bonchev–Trinajstić information content (AvgIpc) is 2.53. The largest absolute Gasteiger partial charge is 0.339 e. The Morgan fingerprint density at radius 2 is 1.95 bits per heavy atom. The summed E-state index contributed by atoms with van der Waals surface area (Å²) in [5, 5.41) is 0. The van der Waals surface area contributed by atoms with Crippen LogP contribution in [0.25, 0.3) is 0 Å². The monoisotopic (exact) mass is 325 g/mol. The molecule has 122 valence electrons. The number of carbonyl (C=O) groups excluding carboxylic acids is 1. The topological polar surface area (TPSA) is 79.4 Å². The maximum absolute atomic E-state index is 12.3. The third-order valence-electron chi connectivity index (χ3n) is 3.82. The normalized spacial score (nSPS) is 16.7. The Balaban J connectivity index is 1.84. The van der Waals surface area contributed by atoms with E-state index < -0.39 is 10.0 Å². The van der Waals surface area contributed by atoms with Gasteiger partial charge in [-0.3, -0.25) is 9.78 Å². The Morgan fingerprint density at radius 1 is 1.32 bits per heavy atom. The second-order valence-corrected chi connectivity index (χ2v) is 7.47. The van der Waals surface area contributed by atoms with Crippen LogP contribution in [0, 0.1) is 0 Å². The van der Waals surface area contributed by atoms with Crippen molar-refractivity contribution in [2.24, 2.45) is 0 Å². The summed E-state index contributed by atoms with van der Waals surface area (Å²) in [4.78, 5) is 18.0. The molecule has 0 radical (unpaired) electrons. The highest BCUT2D eigenvalue weighted by atomic mass is 32.2. The predicted molar refractivity (Wildman–Crippen MR) is 85.0 cm³/mol. The van der Waals surface area contributed by atoms with Crippen LogP contribution in [0.1, 0.15) is 43.0 Å². The highest BCUT2D eigenvalue weighted by Crippen LogP contribution is 2.14. The van der Waals surface area contributed by atoms with Crippen molar-refractivity contribution in [1.29, 1.82) is 0 Å². The van der Waals surface area contributed by atoms with Crippen molar-refractivity contribution in [2.45, 2.75) is 38.6 Å². The van der Waals surface area contributed by atoms with Gasteiger partial charge in [0.05, 0.1) is 5.75 Å². The fourth-order valence-electron chi connectivity index (χ4n) is 2.52. The zero-order chi connectivity index (χ0) is 16.0. The first-order valence-corrected chi connectivity index (χ1v) is 9.36. The summed E-state index contributed by atoms with van der Waals surface area (Å²) in [7, 11) is -3.19. The van der Waals surface area contributed by atoms with E-state index in [0.29, 0.717) is 37.9 Å². The number of amides is 1. The molecule has 6 nitrogen and oxygen atoms in total. The minimum Gasteiger partial charge on any atom is -0.339 e. The van der Waals surface area contributed by atoms with Crippen LogP contribution in [0.2, 0.25) is 0 Å². The first-order chi connectivity index (χ1) is 10.5. The highest BCUT2D eigenvalue weighted by Gasteiger charge is 2.26. The molecule has 1 amide bonds. The quantitative estimate of drug-likeness (QED) is 0.857. The Labute approximate surface area is 132 Å². The van der Waals surface area contributed by atoms with Crippen LogP contribution in [0.3, 0.4) is 0 Å². The molecule has 0 aliphatic carbocycles. The van der Waals surface area contributed by atoms with E-state index >= 15 is 0 Å². The second-order valence-electron chi connectivity index (χ2n) is 5.59. The van der Waals surface area contributed by atoms with E-state index in [4.69, 9.17) is 0 Å². The minimum atomic E-state index is -3.19. The first kappa shape index (κ1) is 16.9. The van der Waals surface area contributed by atoms with Gasteiger partial charge in [-0.05, 0) is 31.4 Å². The third kappa shape index (κ3) is 4.78. The smallest absolute Gasteiger partial charge is 0.253 e. The molecule has 1 N–H and O–H groups in total. The number of unbranched alkanes of at least 4 members (excludes halogenated alkanes) is 1. The zero-order valence-corrected chi connectivity index (χ0v) is 13.7. The number of hydrogen-bond donors (Lipinski definition) is 1. The molecular formula is C15H23N3O3S. The van der Waals surface area contributed by atoms with Crippen molar-refractivity contribution < 1.29 is 13.2 Å². The maximum atomic E-state index is 12.3. The summed E-state index contributed by atoms with van der Waals surface area (Å²) >= 11 is 0. The third-order valence-corrected chi connectivity index (χ3v) is 5.34. The SMILES string of the molecule is CCCCS(=O)(=O)NC1CCN(C(=O)c2ccncc2)CC1. The van der Waals surface area contributed by atoms with Gasteiger partial charge in [0.15, 0.2) is 0 Å². The van der Waals surface area contributed by atoms with E-state index in [-0.39, 0.29) is 17.7 Å². The molecule has 0 spiro atoms. The summed E-state index contributed by atoms with van der Waals surface area (Å²) in [5.74, 6) is 0.161. The fourth-order valence-corrected chi connectivity index (χ4v) is 4.05. The molecule has 0 saturated carbocycles. The van der Waals surface area contributed by atoms with Gasteiger partial charge in [0.2, 0.25) is 10.0 Å². The highest BCUT2D eigenvalue weighted by molar-refractivity contribution is 7.89. The van der Waals surface area contributed by atoms with Crippen molar-refractivity contribution in [1.82, 2.24) is 14.6 Å². The van der Waals surface area contributed by atoms with E-state index in [1.54, 1.807) is 29.4 Å². The van der Waals surface area contributed by atoms with Gasteiger partial charge >= 0.3 is 0 Å². The summed E-state index contributed by atoms with van der Waals surface area (Å²) in [5.41, 5.74) is 0.622. The van der Waals surface area contributed by atoms with Crippen molar-refractivity contribution in [2.75, 3.05) is 18.8 Å². The molecule has 1 aromatic rings. The summed E-state index contributed by atoms with van der Waals surface area (Å²) in [6.45, 7) is 3.11. The van der Waals surface area contributed by atoms with Crippen molar-refractivity contribution in [3.8, 4) is 0 Å². The Bertz CT molecular complexity index is 581. The average molecular weight is 325 g/mol. The number of sulfonamides is 1. The van der Waals surface area contributed by atoms with Gasteiger partial charge in [-0.2, -0.15) is 0 Å². The van der Waals surface area contributed by atoms with Crippen molar-refractivity contribution in [3.05, 3.63) is 30.1 Å². The van der Waals surface area contributed by atoms with Gasteiger partial charge in [-0.15, -0.1) is 0 Å². The lowest BCUT2D eigenvalue weighted by molar-refractivity contribution is 0.0711. The molecule has 1 aliphatic heterocycles. The molecule has 0 aromatic carbocycles. The van der Waals surface area contributed by atoms with Gasteiger partial charge in [0, 0.05) is 37.1 Å². The molecular weight excluding hydrogens is 302 g/mol. The van der Waals surface area contributed by atoms with Crippen LogP contribution in [0.5, 0.6) is 0 Å². The first-order valence-electron chi connectivity index (χ1n) is 7.71. The Kier molecular flexibility index (Phi) is 5.90. The molecule has 1 aliphatic rings. The molecule has 7 heteroatoms. The molecule has 0 atom stereocenters. The van der Waals surface area contributed by atoms with Crippen LogP contribution in [0.15, 0.2) is 24.5 Å². The van der Waals surface area contributed by atoms with Crippen molar-refractivity contribution >= 4 is 15.9 Å². The summed E-state index contributed by atoms with van der Waals surface area (Å²) in [6.07, 6.45) is 6.04. The van der Waals surface area contributed by atoms with Gasteiger partial charge in [-0.1, -0.05) is 13.3 Å². The standard InChI is InChI=1S/C15H23N3O3S/c1-2-3-12-22(20,21)17-14-6-10-18(11-7-14)15(19)13-4-8-16-9-5-13/h4-5,8-9,14,17H,2-3,6-7,10-12H2,1H3. The molecule has 0 unspecified atom stereocenters. The second kappa shape index (κ2) is 7.69. The number of carbonyl (C=O) groups is 1. The summed E-state index contributed by atoms with van der Waals surface area (Å²) in [6, 6.07) is 3.33. The number of piperidine rings is 1. The van der Waals surface area contributed by atoms with Gasteiger partial charge in [0.1, 0.15) is 0 Å². The van der Waals surface area contributed by atoms with E-state index in [1.165, 1.54) is 0 Å². The van der Waals surface area contributed by atoms with E-state index in [2.05, 4.69) is 9.71 Å². The molecule has 2 heterocycles. The van der Waals surface area contributed by atoms with Crippen molar-refractivity contribution in [3.63, 3.8) is 0 Å². The van der Waals surface area contributed by atoms with Crippen LogP contribution < -0.4 is 4.72 Å². The van der Waals surface area contributed by atoms with Crippen LogP contribution in [0.4, 0.5) is 0 Å². The molecule has 0 bridgehead atoms. The van der Waals surface area contributed by atoms with Crippen LogP contribution in [-0.4, -0.2) is 49.1 Å². The molecule has 22 heavy (non-hydrogen) atoms. The number of pyridine rings is 1. The van der Waals surface area contributed by atoms with Gasteiger partial charge in [-0.25, -0.2) is 13.1 Å². The number of likely N-dealkylation sites (tertiary alicyclic amines) is 1. The lowest BCUT2D eigenvalue weighted by Crippen LogP contribution is -2.47. The number of hydrogen-bond acceptors (Lipinski definition) is 4. The number of rotatable bonds is 6. The van der Waals surface area contributed by atoms with E-state index in [0.717, 1.165) is 6.42 Å². The van der Waals surface area contributed by atoms with Crippen LogP contribution in [-0.2, 0) is 10.0 Å². The number of nitrogens with one attached hydrogen (secondary N) is 1. The molecule has 2 rings (SSSR count). The maximum Gasteiger partial charge on any atom is 0.253 e. The van der Waals surface area contributed by atoms with E-state index in [9.17, 15) is 13.2 Å². The Morgan fingerprint density at radius 3 is 2.55 bits per heavy atom. The van der Waals surface area contributed by atoms with Crippen LogP contribution >= 0.6 is 0 Å². The fraction of sp³-hybridized carbons (Fsp3) is 0.600. The number of nitrogens with zero attached hydrogens (tertiary/aromatic N) is 2. The lowest BCUT2D eigenvalue weighted by Gasteiger charge is -2.32. The van der Waals surface area contributed by atoms with E-state index in [1.807, 2.05) is 6.92 Å². The molecule has 1 fully saturated rings. The van der Waals surface area contributed by atoms with Gasteiger partial charge < -0.3 is 4.90 Å².